The van der Waals surface area contributed by atoms with E-state index >= 15 is 0 Å². The van der Waals surface area contributed by atoms with E-state index in [1.54, 1.807) is 12.1 Å². The number of nitrogens with zero attached hydrogens (tertiary/aromatic N) is 1. The van der Waals surface area contributed by atoms with Gasteiger partial charge in [0.1, 0.15) is 5.82 Å². The maximum atomic E-state index is 13.4. The number of carbonyl (C=O) groups excluding carboxylic acids is 2. The third kappa shape index (κ3) is 4.08. The summed E-state index contributed by atoms with van der Waals surface area (Å²) in [5.74, 6) is -0.740. The van der Waals surface area contributed by atoms with Gasteiger partial charge in [0, 0.05) is 42.8 Å². The van der Waals surface area contributed by atoms with Gasteiger partial charge >= 0.3 is 0 Å². The second kappa shape index (κ2) is 7.82. The first-order valence-electron chi connectivity index (χ1n) is 8.40. The minimum Gasteiger partial charge on any atom is -0.361 e. The molecule has 0 atom stereocenters. The molecule has 0 radical (unpaired) electrons. The number of nitrogens with one attached hydrogen (secondary N) is 2. The zero-order chi connectivity index (χ0) is 18.5. The number of H-pyrrole nitrogens is 1. The Morgan fingerprint density at radius 3 is 2.73 bits per heavy atom. The van der Waals surface area contributed by atoms with Gasteiger partial charge < -0.3 is 15.2 Å². The second-order valence-electron chi connectivity index (χ2n) is 6.04. The molecular formula is C20H20FN3O2. The lowest BCUT2D eigenvalue weighted by atomic mass is 10.1. The summed E-state index contributed by atoms with van der Waals surface area (Å²) in [6.45, 7) is 1.98. The molecule has 26 heavy (non-hydrogen) atoms. The number of aromatic nitrogens is 1. The number of hydrogen-bond donors (Lipinski definition) is 2. The first-order valence-corrected chi connectivity index (χ1v) is 8.40. The minimum atomic E-state index is -0.405. The van der Waals surface area contributed by atoms with E-state index in [1.165, 1.54) is 24.0 Å². The topological polar surface area (TPSA) is 65.2 Å². The number of anilines is 1. The fraction of sp³-hybridized carbons (Fsp3) is 0.200. The SMILES string of the molecule is CC(=O)N(CCNC(=O)Cc1c[nH]c2ccccc12)c1cccc(F)c1. The highest BCUT2D eigenvalue weighted by Crippen LogP contribution is 2.18. The molecule has 0 bridgehead atoms. The molecule has 0 aliphatic rings. The molecule has 0 aliphatic carbocycles. The fourth-order valence-corrected chi connectivity index (χ4v) is 2.93. The van der Waals surface area contributed by atoms with Gasteiger partial charge in [-0.1, -0.05) is 24.3 Å². The summed E-state index contributed by atoms with van der Waals surface area (Å²) < 4.78 is 13.4. The van der Waals surface area contributed by atoms with Crippen LogP contribution in [0.15, 0.2) is 54.7 Å². The zero-order valence-electron chi connectivity index (χ0n) is 14.5. The predicted octanol–water partition coefficient (Wildman–Crippen LogP) is 3.02. The van der Waals surface area contributed by atoms with Gasteiger partial charge in [0.15, 0.2) is 0 Å². The molecule has 0 unspecified atom stereocenters. The van der Waals surface area contributed by atoms with Crippen molar-refractivity contribution in [2.24, 2.45) is 0 Å². The molecule has 5 nitrogen and oxygen atoms in total. The van der Waals surface area contributed by atoms with E-state index in [1.807, 2.05) is 30.5 Å². The number of fused-ring (bicyclic) bond motifs is 1. The summed E-state index contributed by atoms with van der Waals surface area (Å²) >= 11 is 0. The van der Waals surface area contributed by atoms with Gasteiger partial charge in [-0.3, -0.25) is 9.59 Å². The van der Waals surface area contributed by atoms with Gasteiger partial charge in [0.2, 0.25) is 11.8 Å². The smallest absolute Gasteiger partial charge is 0.224 e. The summed E-state index contributed by atoms with van der Waals surface area (Å²) in [6.07, 6.45) is 2.09. The van der Waals surface area contributed by atoms with E-state index < -0.39 is 5.82 Å². The first-order chi connectivity index (χ1) is 12.5. The van der Waals surface area contributed by atoms with E-state index in [9.17, 15) is 14.0 Å². The van der Waals surface area contributed by atoms with Crippen LogP contribution < -0.4 is 10.2 Å². The molecule has 3 rings (SSSR count). The van der Waals surface area contributed by atoms with Crippen LogP contribution in [0.2, 0.25) is 0 Å². The van der Waals surface area contributed by atoms with Crippen molar-refractivity contribution in [3.8, 4) is 0 Å². The molecular weight excluding hydrogens is 333 g/mol. The monoisotopic (exact) mass is 353 g/mol. The van der Waals surface area contributed by atoms with Gasteiger partial charge in [0.25, 0.3) is 0 Å². The summed E-state index contributed by atoms with van der Waals surface area (Å²) in [7, 11) is 0. The van der Waals surface area contributed by atoms with Gasteiger partial charge in [-0.2, -0.15) is 0 Å². The molecule has 0 fully saturated rings. The number of amides is 2. The maximum absolute atomic E-state index is 13.4. The molecule has 134 valence electrons. The molecule has 2 N–H and O–H groups in total. The summed E-state index contributed by atoms with van der Waals surface area (Å²) in [4.78, 5) is 28.6. The number of aromatic amines is 1. The van der Waals surface area contributed by atoms with Crippen LogP contribution in [0, 0.1) is 5.82 Å². The Morgan fingerprint density at radius 2 is 1.96 bits per heavy atom. The van der Waals surface area contributed by atoms with Crippen LogP contribution in [0.1, 0.15) is 12.5 Å². The van der Waals surface area contributed by atoms with Crippen LogP contribution in [0.4, 0.5) is 10.1 Å². The van der Waals surface area contributed by atoms with Crippen LogP contribution >= 0.6 is 0 Å². The van der Waals surface area contributed by atoms with Crippen molar-refractivity contribution >= 4 is 28.4 Å². The number of para-hydroxylation sites is 1. The highest BCUT2D eigenvalue weighted by Gasteiger charge is 2.13. The van der Waals surface area contributed by atoms with Gasteiger partial charge in [-0.15, -0.1) is 0 Å². The van der Waals surface area contributed by atoms with Crippen LogP contribution in [0.25, 0.3) is 10.9 Å². The summed E-state index contributed by atoms with van der Waals surface area (Å²) in [5, 5.41) is 3.84. The molecule has 2 aromatic carbocycles. The minimum absolute atomic E-state index is 0.127. The average molecular weight is 353 g/mol. The maximum Gasteiger partial charge on any atom is 0.224 e. The third-order valence-electron chi connectivity index (χ3n) is 4.18. The second-order valence-corrected chi connectivity index (χ2v) is 6.04. The summed E-state index contributed by atoms with van der Waals surface area (Å²) in [5.41, 5.74) is 2.39. The van der Waals surface area contributed by atoms with Crippen molar-refractivity contribution < 1.29 is 14.0 Å². The molecule has 6 heteroatoms. The molecule has 1 heterocycles. The molecule has 0 saturated heterocycles. The summed E-state index contributed by atoms with van der Waals surface area (Å²) in [6, 6.07) is 13.6. The van der Waals surface area contributed by atoms with E-state index in [0.29, 0.717) is 5.69 Å². The predicted molar refractivity (Wildman–Crippen MR) is 99.4 cm³/mol. The van der Waals surface area contributed by atoms with Gasteiger partial charge in [-0.25, -0.2) is 4.39 Å². The standard InChI is InChI=1S/C20H20FN3O2/c1-14(25)24(17-6-4-5-16(21)12-17)10-9-22-20(26)11-15-13-23-19-8-3-2-7-18(15)19/h2-8,12-13,23H,9-11H2,1H3,(H,22,26). The van der Waals surface area contributed by atoms with Crippen LogP contribution in [-0.2, 0) is 16.0 Å². The first kappa shape index (κ1) is 17.7. The Morgan fingerprint density at radius 1 is 1.15 bits per heavy atom. The Kier molecular flexibility index (Phi) is 5.31. The Labute approximate surface area is 150 Å². The van der Waals surface area contributed by atoms with Gasteiger partial charge in [0.05, 0.1) is 6.42 Å². The third-order valence-corrected chi connectivity index (χ3v) is 4.18. The number of carbonyl (C=O) groups is 2. The Hall–Kier alpha value is -3.15. The lowest BCUT2D eigenvalue weighted by Gasteiger charge is -2.21. The van der Waals surface area contributed by atoms with Crippen LogP contribution in [0.3, 0.4) is 0 Å². The molecule has 0 aliphatic heterocycles. The highest BCUT2D eigenvalue weighted by atomic mass is 19.1. The largest absolute Gasteiger partial charge is 0.361 e. The van der Waals surface area contributed by atoms with Crippen LogP contribution in [-0.4, -0.2) is 29.9 Å². The number of halogens is 1. The molecule has 1 aromatic heterocycles. The number of rotatable bonds is 6. The molecule has 3 aromatic rings. The zero-order valence-corrected chi connectivity index (χ0v) is 14.5. The quantitative estimate of drug-likeness (QED) is 0.715. The normalized spacial score (nSPS) is 10.7. The molecule has 2 amide bonds. The number of hydrogen-bond acceptors (Lipinski definition) is 2. The van der Waals surface area contributed by atoms with E-state index in [2.05, 4.69) is 10.3 Å². The lowest BCUT2D eigenvalue weighted by Crippen LogP contribution is -2.38. The van der Waals surface area contributed by atoms with Crippen molar-refractivity contribution in [1.29, 1.82) is 0 Å². The fourth-order valence-electron chi connectivity index (χ4n) is 2.93. The van der Waals surface area contributed by atoms with Crippen LogP contribution in [0.5, 0.6) is 0 Å². The van der Waals surface area contributed by atoms with Crippen molar-refractivity contribution in [2.45, 2.75) is 13.3 Å². The van der Waals surface area contributed by atoms with Crippen molar-refractivity contribution in [3.63, 3.8) is 0 Å². The average Bonchev–Trinajstić information content (AvgIpc) is 3.01. The van der Waals surface area contributed by atoms with E-state index in [4.69, 9.17) is 0 Å². The molecule has 0 spiro atoms. The highest BCUT2D eigenvalue weighted by molar-refractivity contribution is 5.92. The number of benzene rings is 2. The van der Waals surface area contributed by atoms with Crippen molar-refractivity contribution in [1.82, 2.24) is 10.3 Å². The van der Waals surface area contributed by atoms with Crippen molar-refractivity contribution in [2.75, 3.05) is 18.0 Å². The van der Waals surface area contributed by atoms with Crippen molar-refractivity contribution in [3.05, 3.63) is 66.1 Å². The lowest BCUT2D eigenvalue weighted by molar-refractivity contribution is -0.121. The van der Waals surface area contributed by atoms with E-state index in [0.717, 1.165) is 16.5 Å². The Balaban J connectivity index is 1.57. The van der Waals surface area contributed by atoms with E-state index in [-0.39, 0.29) is 31.3 Å². The van der Waals surface area contributed by atoms with Gasteiger partial charge in [-0.05, 0) is 29.8 Å². The molecule has 0 saturated carbocycles. The Bertz CT molecular complexity index is 935.